The number of aliphatic hydroxyl groups excluding tert-OH is 1. The Labute approximate surface area is 220 Å². The fraction of sp³-hybridized carbons (Fsp3) is 0.208. The topological polar surface area (TPSA) is 104 Å². The molecule has 0 fully saturated rings. The number of carboxylic acids is 1. The molecule has 3 aromatic carbocycles. The van der Waals surface area contributed by atoms with Crippen molar-refractivity contribution in [2.45, 2.75) is 35.3 Å². The second-order valence-corrected chi connectivity index (χ2v) is 9.94. The average Bonchev–Trinajstić information content (AvgIpc) is 2.78. The van der Waals surface area contributed by atoms with E-state index in [4.69, 9.17) is 16.7 Å². The SMILES string of the molecule is C[C@H](Cc1ccc(S(=O)(=O)c2ccc(C(=O)O)cc2)cc1)NC[C@@H](O)c1ccc(Cl)cc1.[NaH]. The van der Waals surface area contributed by atoms with Gasteiger partial charge in [-0.1, -0.05) is 35.9 Å². The fourth-order valence-electron chi connectivity index (χ4n) is 3.26. The van der Waals surface area contributed by atoms with Gasteiger partial charge in [0.2, 0.25) is 9.84 Å². The van der Waals surface area contributed by atoms with E-state index >= 15 is 0 Å². The second kappa shape index (κ2) is 12.1. The zero-order valence-corrected chi connectivity index (χ0v) is 19.0. The van der Waals surface area contributed by atoms with Crippen LogP contribution in [0.3, 0.4) is 0 Å². The Morgan fingerprint density at radius 2 is 1.45 bits per heavy atom. The molecule has 170 valence electrons. The first-order valence-corrected chi connectivity index (χ1v) is 11.9. The number of halogens is 1. The monoisotopic (exact) mass is 497 g/mol. The molecule has 0 unspecified atom stereocenters. The number of rotatable bonds is 9. The van der Waals surface area contributed by atoms with Crippen molar-refractivity contribution in [3.8, 4) is 0 Å². The van der Waals surface area contributed by atoms with Gasteiger partial charge in [0.15, 0.2) is 0 Å². The van der Waals surface area contributed by atoms with Gasteiger partial charge in [-0.05, 0) is 73.0 Å². The van der Waals surface area contributed by atoms with E-state index in [1.54, 1.807) is 48.5 Å². The maximum atomic E-state index is 12.8. The number of aliphatic hydroxyl groups is 1. The van der Waals surface area contributed by atoms with E-state index < -0.39 is 21.9 Å². The van der Waals surface area contributed by atoms with Gasteiger partial charge in [0.05, 0.1) is 21.5 Å². The summed E-state index contributed by atoms with van der Waals surface area (Å²) < 4.78 is 25.6. The number of hydrogen-bond donors (Lipinski definition) is 3. The van der Waals surface area contributed by atoms with Crippen LogP contribution in [0.25, 0.3) is 0 Å². The Kier molecular flexibility index (Phi) is 10.1. The van der Waals surface area contributed by atoms with Crippen molar-refractivity contribution in [1.82, 2.24) is 5.32 Å². The molecule has 0 saturated heterocycles. The van der Waals surface area contributed by atoms with E-state index in [0.29, 0.717) is 18.0 Å². The first kappa shape index (κ1) is 27.5. The molecule has 0 amide bonds. The second-order valence-electron chi connectivity index (χ2n) is 7.56. The first-order valence-electron chi connectivity index (χ1n) is 10.0. The molecule has 3 aromatic rings. The van der Waals surface area contributed by atoms with E-state index in [9.17, 15) is 18.3 Å². The summed E-state index contributed by atoms with van der Waals surface area (Å²) in [6, 6.07) is 18.8. The Morgan fingerprint density at radius 3 is 1.97 bits per heavy atom. The Morgan fingerprint density at radius 1 is 0.939 bits per heavy atom. The standard InChI is InChI=1S/C24H24ClNO5S.Na.H/c1-16(26-15-23(27)18-4-8-20(25)9-5-18)14-17-2-10-21(11-3-17)32(30,31)22-12-6-19(7-13-22)24(28)29;;/h2-13,16,23,26-27H,14-15H2,1H3,(H,28,29);;/t16-,23-;;/m1../s1. The summed E-state index contributed by atoms with van der Waals surface area (Å²) >= 11 is 5.87. The van der Waals surface area contributed by atoms with Crippen molar-refractivity contribution >= 4 is 57.0 Å². The van der Waals surface area contributed by atoms with Gasteiger partial charge in [0.1, 0.15) is 0 Å². The minimum atomic E-state index is -3.73. The molecule has 33 heavy (non-hydrogen) atoms. The number of sulfone groups is 1. The zero-order valence-electron chi connectivity index (χ0n) is 17.4. The number of hydrogen-bond acceptors (Lipinski definition) is 5. The third-order valence-electron chi connectivity index (χ3n) is 5.10. The number of aromatic carboxylic acids is 1. The first-order chi connectivity index (χ1) is 15.2. The van der Waals surface area contributed by atoms with Crippen LogP contribution >= 0.6 is 11.6 Å². The summed E-state index contributed by atoms with van der Waals surface area (Å²) in [6.07, 6.45) is -0.00389. The molecule has 3 rings (SSSR count). The van der Waals surface area contributed by atoms with Gasteiger partial charge < -0.3 is 15.5 Å². The summed E-state index contributed by atoms with van der Waals surface area (Å²) in [5.41, 5.74) is 1.76. The molecular weight excluding hydrogens is 473 g/mol. The van der Waals surface area contributed by atoms with Crippen molar-refractivity contribution in [1.29, 1.82) is 0 Å². The molecule has 0 aliphatic carbocycles. The summed E-state index contributed by atoms with van der Waals surface area (Å²) in [5, 5.41) is 23.2. The molecule has 0 aliphatic heterocycles. The van der Waals surface area contributed by atoms with Crippen molar-refractivity contribution in [3.63, 3.8) is 0 Å². The van der Waals surface area contributed by atoms with Gasteiger partial charge >= 0.3 is 35.5 Å². The minimum absolute atomic E-state index is 0. The molecule has 0 bridgehead atoms. The maximum absolute atomic E-state index is 12.8. The summed E-state index contributed by atoms with van der Waals surface area (Å²) in [5.74, 6) is -1.11. The van der Waals surface area contributed by atoms with Gasteiger partial charge in [-0.3, -0.25) is 0 Å². The molecule has 0 saturated carbocycles. The van der Waals surface area contributed by atoms with Crippen LogP contribution in [0, 0.1) is 0 Å². The number of benzene rings is 3. The number of nitrogens with one attached hydrogen (secondary N) is 1. The van der Waals surface area contributed by atoms with Crippen molar-refractivity contribution < 1.29 is 23.4 Å². The predicted molar refractivity (Wildman–Crippen MR) is 130 cm³/mol. The molecule has 2 atom stereocenters. The predicted octanol–water partition coefficient (Wildman–Crippen LogP) is 3.48. The summed E-state index contributed by atoms with van der Waals surface area (Å²) in [7, 11) is -3.73. The van der Waals surface area contributed by atoms with Gasteiger partial charge in [-0.2, -0.15) is 0 Å². The summed E-state index contributed by atoms with van der Waals surface area (Å²) in [6.45, 7) is 2.37. The fourth-order valence-corrected chi connectivity index (χ4v) is 4.65. The molecule has 3 N–H and O–H groups in total. The number of carboxylic acid groups (broad SMARTS) is 1. The molecule has 6 nitrogen and oxygen atoms in total. The Bertz CT molecular complexity index is 1170. The van der Waals surface area contributed by atoms with Crippen molar-refractivity contribution in [2.24, 2.45) is 0 Å². The van der Waals surface area contributed by atoms with E-state index in [1.165, 1.54) is 24.3 Å². The molecule has 9 heteroatoms. The molecule has 0 aromatic heterocycles. The van der Waals surface area contributed by atoms with Crippen molar-refractivity contribution in [2.75, 3.05) is 6.54 Å². The van der Waals surface area contributed by atoms with Crippen LogP contribution in [0.15, 0.2) is 82.6 Å². The van der Waals surface area contributed by atoms with Crippen LogP contribution in [0.2, 0.25) is 5.02 Å². The molecule has 0 heterocycles. The normalized spacial score (nSPS) is 13.1. The molecule has 0 aliphatic rings. The van der Waals surface area contributed by atoms with Crippen LogP contribution in [0.1, 0.15) is 34.5 Å². The molecular formula is C24H25ClNNaO5S. The third kappa shape index (κ3) is 7.39. The van der Waals surface area contributed by atoms with Crippen molar-refractivity contribution in [3.05, 3.63) is 94.5 Å². The van der Waals surface area contributed by atoms with Gasteiger partial charge in [0.25, 0.3) is 0 Å². The van der Waals surface area contributed by atoms with Crippen LogP contribution in [-0.2, 0) is 16.3 Å². The Balaban J connectivity index is 0.00000385. The zero-order chi connectivity index (χ0) is 23.3. The molecule has 0 spiro atoms. The van der Waals surface area contributed by atoms with E-state index in [1.807, 2.05) is 6.92 Å². The van der Waals surface area contributed by atoms with E-state index in [-0.39, 0.29) is 51.0 Å². The quantitative estimate of drug-likeness (QED) is 0.391. The van der Waals surface area contributed by atoms with Gasteiger partial charge in [-0.25, -0.2) is 13.2 Å². The van der Waals surface area contributed by atoms with Crippen LogP contribution in [-0.4, -0.2) is 66.7 Å². The summed E-state index contributed by atoms with van der Waals surface area (Å²) in [4.78, 5) is 11.1. The number of carbonyl (C=O) groups is 1. The average molecular weight is 498 g/mol. The van der Waals surface area contributed by atoms with Crippen LogP contribution < -0.4 is 5.32 Å². The third-order valence-corrected chi connectivity index (χ3v) is 7.14. The Hall–Kier alpha value is -1.71. The van der Waals surface area contributed by atoms with E-state index in [0.717, 1.165) is 11.1 Å². The molecule has 0 radical (unpaired) electrons. The van der Waals surface area contributed by atoms with Gasteiger partial charge in [-0.15, -0.1) is 0 Å². The van der Waals surface area contributed by atoms with E-state index in [2.05, 4.69) is 5.32 Å². The van der Waals surface area contributed by atoms with Gasteiger partial charge in [0, 0.05) is 17.6 Å². The van der Waals surface area contributed by atoms with Crippen LogP contribution in [0.4, 0.5) is 0 Å². The van der Waals surface area contributed by atoms with Crippen LogP contribution in [0.5, 0.6) is 0 Å².